The lowest BCUT2D eigenvalue weighted by Gasteiger charge is -2.19. The maximum Gasteiger partial charge on any atom is 0.222 e. The average molecular weight is 327 g/mol. The first-order chi connectivity index (χ1) is 11.5. The van der Waals surface area contributed by atoms with Crippen molar-refractivity contribution >= 4 is 5.91 Å². The van der Waals surface area contributed by atoms with Crippen molar-refractivity contribution < 1.29 is 4.79 Å². The van der Waals surface area contributed by atoms with Gasteiger partial charge in [0.2, 0.25) is 5.91 Å². The molecule has 0 aliphatic carbocycles. The molecule has 4 nitrogen and oxygen atoms in total. The topological polar surface area (TPSA) is 46.9 Å². The van der Waals surface area contributed by atoms with Crippen LogP contribution in [0.4, 0.5) is 0 Å². The van der Waals surface area contributed by atoms with Gasteiger partial charge in [-0.25, -0.2) is 0 Å². The van der Waals surface area contributed by atoms with E-state index in [1.165, 1.54) is 11.1 Å². The Kier molecular flexibility index (Phi) is 6.59. The summed E-state index contributed by atoms with van der Waals surface area (Å²) in [6.07, 6.45) is 4.38. The van der Waals surface area contributed by atoms with Crippen molar-refractivity contribution in [2.45, 2.75) is 65.5 Å². The van der Waals surface area contributed by atoms with Crippen LogP contribution in [0.3, 0.4) is 0 Å². The normalized spacial score (nSPS) is 13.5. The summed E-state index contributed by atoms with van der Waals surface area (Å²) in [5, 5.41) is 7.45. The number of amides is 1. The van der Waals surface area contributed by atoms with Gasteiger partial charge in [0.1, 0.15) is 0 Å². The zero-order valence-electron chi connectivity index (χ0n) is 15.2. The summed E-state index contributed by atoms with van der Waals surface area (Å²) in [6, 6.07) is 10.7. The Balaban J connectivity index is 1.91. The third-order valence-electron chi connectivity index (χ3n) is 4.61. The molecule has 1 aromatic carbocycles. The third-order valence-corrected chi connectivity index (χ3v) is 4.61. The van der Waals surface area contributed by atoms with Gasteiger partial charge in [0, 0.05) is 19.2 Å². The van der Waals surface area contributed by atoms with E-state index >= 15 is 0 Å². The lowest BCUT2D eigenvalue weighted by Crippen LogP contribution is -2.29. The molecular formula is C20H29N3O. The predicted octanol–water partition coefficient (Wildman–Crippen LogP) is 4.36. The number of nitrogens with zero attached hydrogens (tertiary/aromatic N) is 2. The van der Waals surface area contributed by atoms with Crippen LogP contribution in [0.2, 0.25) is 0 Å². The largest absolute Gasteiger partial charge is 0.349 e. The lowest BCUT2D eigenvalue weighted by molar-refractivity contribution is -0.122. The average Bonchev–Trinajstić information content (AvgIpc) is 3.02. The fourth-order valence-corrected chi connectivity index (χ4v) is 2.78. The van der Waals surface area contributed by atoms with Gasteiger partial charge < -0.3 is 5.32 Å². The summed E-state index contributed by atoms with van der Waals surface area (Å²) in [4.78, 5) is 12.2. The highest BCUT2D eigenvalue weighted by atomic mass is 16.1. The van der Waals surface area contributed by atoms with Crippen molar-refractivity contribution in [1.82, 2.24) is 15.1 Å². The van der Waals surface area contributed by atoms with Gasteiger partial charge in [-0.3, -0.25) is 9.48 Å². The number of rotatable bonds is 8. The van der Waals surface area contributed by atoms with Crippen molar-refractivity contribution in [2.24, 2.45) is 0 Å². The van der Waals surface area contributed by atoms with Gasteiger partial charge >= 0.3 is 0 Å². The Morgan fingerprint density at radius 3 is 2.33 bits per heavy atom. The standard InChI is InChI=1S/C20H29N3O/c1-5-15(3)17-7-9-18(10-8-17)19(6-2)21-20(24)12-14-23-13-11-16(4)22-23/h7-11,13,15,19H,5-6,12,14H2,1-4H3,(H,21,24). The van der Waals surface area contributed by atoms with Gasteiger partial charge in [0.25, 0.3) is 0 Å². The Morgan fingerprint density at radius 2 is 1.79 bits per heavy atom. The summed E-state index contributed by atoms with van der Waals surface area (Å²) in [5.74, 6) is 0.646. The molecule has 0 saturated carbocycles. The predicted molar refractivity (Wildman–Crippen MR) is 97.9 cm³/mol. The Hall–Kier alpha value is -2.10. The van der Waals surface area contributed by atoms with Gasteiger partial charge in [-0.2, -0.15) is 5.10 Å². The van der Waals surface area contributed by atoms with Crippen LogP contribution in [0.5, 0.6) is 0 Å². The monoisotopic (exact) mass is 327 g/mol. The summed E-state index contributed by atoms with van der Waals surface area (Å²) >= 11 is 0. The molecule has 24 heavy (non-hydrogen) atoms. The molecule has 2 rings (SSSR count). The molecule has 0 spiro atoms. The van der Waals surface area contributed by atoms with Gasteiger partial charge in [-0.15, -0.1) is 0 Å². The molecule has 130 valence electrons. The van der Waals surface area contributed by atoms with E-state index in [1.54, 1.807) is 0 Å². The maximum atomic E-state index is 12.2. The zero-order chi connectivity index (χ0) is 17.5. The second-order valence-electron chi connectivity index (χ2n) is 6.47. The van der Waals surface area contributed by atoms with E-state index < -0.39 is 0 Å². The first-order valence-electron chi connectivity index (χ1n) is 8.92. The molecule has 1 heterocycles. The van der Waals surface area contributed by atoms with E-state index in [0.717, 1.165) is 18.5 Å². The van der Waals surface area contributed by atoms with Gasteiger partial charge in [0.05, 0.1) is 11.7 Å². The molecule has 0 fully saturated rings. The molecular weight excluding hydrogens is 298 g/mol. The van der Waals surface area contributed by atoms with Crippen LogP contribution in [0.25, 0.3) is 0 Å². The highest BCUT2D eigenvalue weighted by Crippen LogP contribution is 2.22. The second kappa shape index (κ2) is 8.67. The Morgan fingerprint density at radius 1 is 1.12 bits per heavy atom. The minimum atomic E-state index is 0.0704. The quantitative estimate of drug-likeness (QED) is 0.783. The molecule has 0 radical (unpaired) electrons. The highest BCUT2D eigenvalue weighted by molar-refractivity contribution is 5.76. The fraction of sp³-hybridized carbons (Fsp3) is 0.500. The molecule has 2 aromatic rings. The van der Waals surface area contributed by atoms with Crippen LogP contribution >= 0.6 is 0 Å². The maximum absolute atomic E-state index is 12.2. The summed E-state index contributed by atoms with van der Waals surface area (Å²) in [5.41, 5.74) is 3.51. The van der Waals surface area contributed by atoms with Gasteiger partial charge in [-0.05, 0) is 42.9 Å². The van der Waals surface area contributed by atoms with Crippen molar-refractivity contribution in [2.75, 3.05) is 0 Å². The lowest BCUT2D eigenvalue weighted by atomic mass is 9.95. The van der Waals surface area contributed by atoms with Crippen LogP contribution < -0.4 is 5.32 Å². The van der Waals surface area contributed by atoms with E-state index in [9.17, 15) is 4.79 Å². The van der Waals surface area contributed by atoms with Crippen LogP contribution in [-0.2, 0) is 11.3 Å². The number of nitrogens with one attached hydrogen (secondary N) is 1. The van der Waals surface area contributed by atoms with E-state index in [4.69, 9.17) is 0 Å². The van der Waals surface area contributed by atoms with Crippen molar-refractivity contribution in [1.29, 1.82) is 0 Å². The first-order valence-corrected chi connectivity index (χ1v) is 8.92. The molecule has 0 bridgehead atoms. The summed E-state index contributed by atoms with van der Waals surface area (Å²) in [7, 11) is 0. The molecule has 2 atom stereocenters. The number of carbonyl (C=O) groups excluding carboxylic acids is 1. The minimum absolute atomic E-state index is 0.0704. The number of hydrogen-bond acceptors (Lipinski definition) is 2. The van der Waals surface area contributed by atoms with E-state index in [-0.39, 0.29) is 11.9 Å². The summed E-state index contributed by atoms with van der Waals surface area (Å²) in [6.45, 7) is 9.11. The molecule has 1 N–H and O–H groups in total. The van der Waals surface area contributed by atoms with Crippen molar-refractivity contribution in [3.05, 3.63) is 53.3 Å². The second-order valence-corrected chi connectivity index (χ2v) is 6.47. The van der Waals surface area contributed by atoms with Crippen molar-refractivity contribution in [3.63, 3.8) is 0 Å². The fourth-order valence-electron chi connectivity index (χ4n) is 2.78. The molecule has 2 unspecified atom stereocenters. The number of hydrogen-bond donors (Lipinski definition) is 1. The first kappa shape index (κ1) is 18.2. The summed E-state index contributed by atoms with van der Waals surface area (Å²) < 4.78 is 1.82. The Labute approximate surface area is 145 Å². The third kappa shape index (κ3) is 4.95. The number of benzene rings is 1. The van der Waals surface area contributed by atoms with Gasteiger partial charge in [-0.1, -0.05) is 45.0 Å². The zero-order valence-corrected chi connectivity index (χ0v) is 15.2. The van der Waals surface area contributed by atoms with E-state index in [2.05, 4.69) is 55.5 Å². The molecule has 0 aliphatic rings. The van der Waals surface area contributed by atoms with Crippen LogP contribution in [0.15, 0.2) is 36.5 Å². The van der Waals surface area contributed by atoms with Crippen LogP contribution in [-0.4, -0.2) is 15.7 Å². The van der Waals surface area contributed by atoms with Crippen molar-refractivity contribution in [3.8, 4) is 0 Å². The molecule has 0 saturated heterocycles. The molecule has 1 amide bonds. The molecule has 4 heteroatoms. The van der Waals surface area contributed by atoms with Crippen LogP contribution in [0.1, 0.15) is 68.8 Å². The molecule has 0 aliphatic heterocycles. The van der Waals surface area contributed by atoms with Gasteiger partial charge in [0.15, 0.2) is 0 Å². The highest BCUT2D eigenvalue weighted by Gasteiger charge is 2.13. The Bertz CT molecular complexity index is 645. The number of carbonyl (C=O) groups is 1. The smallest absolute Gasteiger partial charge is 0.222 e. The van der Waals surface area contributed by atoms with Crippen LogP contribution in [0, 0.1) is 6.92 Å². The molecule has 1 aromatic heterocycles. The van der Waals surface area contributed by atoms with E-state index in [0.29, 0.717) is 18.9 Å². The number of aromatic nitrogens is 2. The SMILES string of the molecule is CCC(C)c1ccc(C(CC)NC(=O)CCn2ccc(C)n2)cc1. The van der Waals surface area contributed by atoms with E-state index in [1.807, 2.05) is 23.9 Å². The number of aryl methyl sites for hydroxylation is 2. The minimum Gasteiger partial charge on any atom is -0.349 e.